The Labute approximate surface area is 155 Å². The van der Waals surface area contributed by atoms with Crippen LogP contribution in [0.4, 0.5) is 0 Å². The zero-order valence-corrected chi connectivity index (χ0v) is 17.2. The van der Waals surface area contributed by atoms with Crippen molar-refractivity contribution in [2.45, 2.75) is 47.1 Å². The Kier molecular flexibility index (Phi) is 12.8. The van der Waals surface area contributed by atoms with Gasteiger partial charge < -0.3 is 15.4 Å². The molecule has 7 heteroatoms. The van der Waals surface area contributed by atoms with Gasteiger partial charge in [-0.1, -0.05) is 0 Å². The number of ether oxygens (including phenoxy) is 1. The number of unbranched alkanes of at least 4 members (excludes halogenated alkanes) is 1. The number of guanidine groups is 1. The summed E-state index contributed by atoms with van der Waals surface area (Å²) in [5, 5.41) is 7.68. The van der Waals surface area contributed by atoms with Gasteiger partial charge in [-0.05, 0) is 40.5 Å². The third-order valence-corrected chi connectivity index (χ3v) is 4.06. The van der Waals surface area contributed by atoms with Gasteiger partial charge in [-0.15, -0.1) is 35.3 Å². The predicted molar refractivity (Wildman–Crippen MR) is 106 cm³/mol. The molecule has 0 spiro atoms. The first-order valence-electron chi connectivity index (χ1n) is 7.70. The van der Waals surface area contributed by atoms with Gasteiger partial charge >= 0.3 is 0 Å². The van der Waals surface area contributed by atoms with Crippen LogP contribution in [0.25, 0.3) is 0 Å². The smallest absolute Gasteiger partial charge is 0.191 e. The molecule has 128 valence electrons. The highest BCUT2D eigenvalue weighted by Crippen LogP contribution is 2.16. The molecule has 0 aliphatic carbocycles. The van der Waals surface area contributed by atoms with E-state index in [2.05, 4.69) is 34.5 Å². The van der Waals surface area contributed by atoms with Gasteiger partial charge in [-0.3, -0.25) is 0 Å². The summed E-state index contributed by atoms with van der Waals surface area (Å²) in [4.78, 5) is 10.4. The lowest BCUT2D eigenvalue weighted by atomic mass is 10.3. The fraction of sp³-hybridized carbons (Fsp3) is 0.733. The first kappa shape index (κ1) is 21.6. The van der Waals surface area contributed by atoms with Gasteiger partial charge in [0.15, 0.2) is 5.96 Å². The van der Waals surface area contributed by atoms with Crippen LogP contribution in [-0.2, 0) is 11.3 Å². The van der Waals surface area contributed by atoms with Gasteiger partial charge in [0.25, 0.3) is 0 Å². The molecular weight excluding hydrogens is 411 g/mol. The first-order valence-corrected chi connectivity index (χ1v) is 8.51. The number of aliphatic imine (C=N–C) groups is 1. The minimum atomic E-state index is 0. The molecule has 0 aromatic carbocycles. The Morgan fingerprint density at radius 1 is 1.23 bits per heavy atom. The van der Waals surface area contributed by atoms with Gasteiger partial charge in [0.1, 0.15) is 5.01 Å². The van der Waals surface area contributed by atoms with Crippen LogP contribution in [0.1, 0.15) is 42.3 Å². The van der Waals surface area contributed by atoms with Crippen LogP contribution < -0.4 is 10.6 Å². The van der Waals surface area contributed by atoms with Gasteiger partial charge in [-0.25, -0.2) is 9.98 Å². The second-order valence-electron chi connectivity index (χ2n) is 4.78. The molecule has 0 unspecified atom stereocenters. The van der Waals surface area contributed by atoms with Crippen molar-refractivity contribution >= 4 is 41.3 Å². The van der Waals surface area contributed by atoms with Crippen LogP contribution in [0.3, 0.4) is 0 Å². The highest BCUT2D eigenvalue weighted by Gasteiger charge is 2.03. The van der Waals surface area contributed by atoms with Crippen LogP contribution in [0.5, 0.6) is 0 Å². The molecule has 5 nitrogen and oxygen atoms in total. The maximum atomic E-state index is 5.33. The first-order chi connectivity index (χ1) is 10.2. The average molecular weight is 440 g/mol. The van der Waals surface area contributed by atoms with Gasteiger partial charge in [0, 0.05) is 31.2 Å². The summed E-state index contributed by atoms with van der Waals surface area (Å²) in [5.74, 6) is 0.861. The number of nitrogens with zero attached hydrogens (tertiary/aromatic N) is 2. The van der Waals surface area contributed by atoms with Crippen LogP contribution in [0.15, 0.2) is 4.99 Å². The molecule has 0 saturated carbocycles. The predicted octanol–water partition coefficient (Wildman–Crippen LogP) is 3.25. The van der Waals surface area contributed by atoms with E-state index >= 15 is 0 Å². The number of hydrogen-bond donors (Lipinski definition) is 2. The van der Waals surface area contributed by atoms with E-state index in [9.17, 15) is 0 Å². The van der Waals surface area contributed by atoms with Crippen LogP contribution in [-0.4, -0.2) is 37.2 Å². The Hall–Kier alpha value is -0.410. The third kappa shape index (κ3) is 8.89. The van der Waals surface area contributed by atoms with Crippen LogP contribution in [0.2, 0.25) is 0 Å². The number of nitrogens with one attached hydrogen (secondary N) is 2. The van der Waals surface area contributed by atoms with E-state index in [1.165, 1.54) is 4.88 Å². The minimum Gasteiger partial charge on any atom is -0.382 e. The molecule has 0 aliphatic heterocycles. The molecule has 1 rings (SSSR count). The fourth-order valence-corrected chi connectivity index (χ4v) is 2.63. The summed E-state index contributed by atoms with van der Waals surface area (Å²) in [6.45, 7) is 12.3. The van der Waals surface area contributed by atoms with E-state index in [1.807, 2.05) is 13.8 Å². The molecule has 1 aromatic heterocycles. The van der Waals surface area contributed by atoms with Gasteiger partial charge in [0.05, 0.1) is 12.2 Å². The number of aryl methyl sites for hydroxylation is 2. The summed E-state index contributed by atoms with van der Waals surface area (Å²) >= 11 is 1.72. The molecule has 1 heterocycles. The number of hydrogen-bond acceptors (Lipinski definition) is 4. The molecular formula is C15H29IN4OS. The molecule has 22 heavy (non-hydrogen) atoms. The molecule has 0 aliphatic rings. The lowest BCUT2D eigenvalue weighted by Gasteiger charge is -2.10. The van der Waals surface area contributed by atoms with E-state index in [-0.39, 0.29) is 24.0 Å². The van der Waals surface area contributed by atoms with Crippen molar-refractivity contribution in [3.8, 4) is 0 Å². The summed E-state index contributed by atoms with van der Waals surface area (Å²) < 4.78 is 5.33. The highest BCUT2D eigenvalue weighted by molar-refractivity contribution is 14.0. The fourth-order valence-electron chi connectivity index (χ4n) is 1.78. The van der Waals surface area contributed by atoms with Gasteiger partial charge in [0.2, 0.25) is 0 Å². The van der Waals surface area contributed by atoms with Crippen molar-refractivity contribution in [1.82, 2.24) is 15.6 Å². The second kappa shape index (κ2) is 13.1. The molecule has 0 saturated heterocycles. The normalized spacial score (nSPS) is 11.2. The molecule has 0 atom stereocenters. The summed E-state index contributed by atoms with van der Waals surface area (Å²) in [6, 6.07) is 0. The lowest BCUT2D eigenvalue weighted by Crippen LogP contribution is -2.37. The van der Waals surface area contributed by atoms with E-state index < -0.39 is 0 Å². The average Bonchev–Trinajstić information content (AvgIpc) is 2.79. The zero-order chi connectivity index (χ0) is 15.5. The Morgan fingerprint density at radius 2 is 2.00 bits per heavy atom. The summed E-state index contributed by atoms with van der Waals surface area (Å²) in [6.07, 6.45) is 2.16. The largest absolute Gasteiger partial charge is 0.382 e. The number of rotatable bonds is 9. The van der Waals surface area contributed by atoms with Crippen molar-refractivity contribution in [2.75, 3.05) is 26.3 Å². The zero-order valence-electron chi connectivity index (χ0n) is 14.1. The van der Waals surface area contributed by atoms with E-state index in [0.29, 0.717) is 6.54 Å². The van der Waals surface area contributed by atoms with E-state index in [4.69, 9.17) is 4.74 Å². The quantitative estimate of drug-likeness (QED) is 0.268. The Balaban J connectivity index is 0.00000441. The van der Waals surface area contributed by atoms with E-state index in [0.717, 1.165) is 55.8 Å². The van der Waals surface area contributed by atoms with Crippen molar-refractivity contribution in [1.29, 1.82) is 0 Å². The number of halogens is 1. The molecule has 0 radical (unpaired) electrons. The minimum absolute atomic E-state index is 0. The second-order valence-corrected chi connectivity index (χ2v) is 6.06. The number of thiazole rings is 1. The Bertz CT molecular complexity index is 418. The monoisotopic (exact) mass is 440 g/mol. The van der Waals surface area contributed by atoms with Gasteiger partial charge in [-0.2, -0.15) is 0 Å². The van der Waals surface area contributed by atoms with Crippen LogP contribution in [0, 0.1) is 13.8 Å². The molecule has 0 fully saturated rings. The summed E-state index contributed by atoms with van der Waals surface area (Å²) in [5.41, 5.74) is 1.11. The van der Waals surface area contributed by atoms with Crippen molar-refractivity contribution in [3.63, 3.8) is 0 Å². The topological polar surface area (TPSA) is 58.5 Å². The van der Waals surface area contributed by atoms with Crippen LogP contribution >= 0.6 is 35.3 Å². The summed E-state index contributed by atoms with van der Waals surface area (Å²) in [7, 11) is 0. The van der Waals surface area contributed by atoms with E-state index in [1.54, 1.807) is 11.3 Å². The van der Waals surface area contributed by atoms with Crippen molar-refractivity contribution in [2.24, 2.45) is 4.99 Å². The molecule has 0 bridgehead atoms. The highest BCUT2D eigenvalue weighted by atomic mass is 127. The standard InChI is InChI=1S/C15H28N4OS.HI/c1-5-16-15(17-9-7-8-10-20-6-2)18-11-14-19-12(3)13(4)21-14;/h5-11H2,1-4H3,(H2,16,17,18);1H. The maximum Gasteiger partial charge on any atom is 0.191 e. The third-order valence-electron chi connectivity index (χ3n) is 3.00. The SMILES string of the molecule is CCNC(=NCc1nc(C)c(C)s1)NCCCCOCC.I. The Morgan fingerprint density at radius 3 is 2.59 bits per heavy atom. The lowest BCUT2D eigenvalue weighted by molar-refractivity contribution is 0.143. The van der Waals surface area contributed by atoms with Crippen molar-refractivity contribution < 1.29 is 4.74 Å². The van der Waals surface area contributed by atoms with Crippen molar-refractivity contribution in [3.05, 3.63) is 15.6 Å². The molecule has 2 N–H and O–H groups in total. The molecule has 0 amide bonds. The maximum absolute atomic E-state index is 5.33. The number of aromatic nitrogens is 1. The molecule has 1 aromatic rings.